The molecule has 4 N–H and O–H groups in total. The van der Waals surface area contributed by atoms with Gasteiger partial charge in [0.05, 0.1) is 0 Å². The molecule has 1 fully saturated rings. The zero-order chi connectivity index (χ0) is 21.3. The number of rotatable bonds is 6. The quantitative estimate of drug-likeness (QED) is 0.366. The second-order valence-corrected chi connectivity index (χ2v) is 9.42. The molecule has 0 bridgehead atoms. The number of carbonyl (C=O) groups excluding carboxylic acids is 2. The third-order valence-corrected chi connectivity index (χ3v) is 6.15. The van der Waals surface area contributed by atoms with Gasteiger partial charge in [-0.15, -0.1) is 0 Å². The molecule has 0 saturated heterocycles. The summed E-state index contributed by atoms with van der Waals surface area (Å²) in [7, 11) is 0. The van der Waals surface area contributed by atoms with Crippen molar-refractivity contribution in [3.8, 4) is 0 Å². The number of hydrogen-bond acceptors (Lipinski definition) is 2. The number of benzene rings is 2. The number of amides is 4. The Kier molecular flexibility index (Phi) is 8.57. The second-order valence-electron chi connectivity index (χ2n) is 7.59. The molecule has 2 atom stereocenters. The van der Waals surface area contributed by atoms with Gasteiger partial charge in [0.25, 0.3) is 0 Å². The van der Waals surface area contributed by atoms with E-state index in [-0.39, 0.29) is 12.1 Å². The number of halogens is 2. The molecule has 0 aliphatic heterocycles. The molecule has 1 saturated carbocycles. The maximum atomic E-state index is 12.2. The van der Waals surface area contributed by atoms with Crippen molar-refractivity contribution in [2.75, 3.05) is 23.7 Å². The van der Waals surface area contributed by atoms with E-state index in [0.29, 0.717) is 24.9 Å². The molecule has 1 aliphatic rings. The van der Waals surface area contributed by atoms with Crippen molar-refractivity contribution in [1.29, 1.82) is 0 Å². The Morgan fingerprint density at radius 1 is 0.800 bits per heavy atom. The lowest BCUT2D eigenvalue weighted by atomic mass is 9.81. The first-order valence-corrected chi connectivity index (χ1v) is 11.7. The van der Waals surface area contributed by atoms with Crippen molar-refractivity contribution >= 4 is 55.3 Å². The number of nitrogens with one attached hydrogen (secondary N) is 4. The van der Waals surface area contributed by atoms with Crippen LogP contribution in [-0.2, 0) is 0 Å². The predicted molar refractivity (Wildman–Crippen MR) is 128 cm³/mol. The van der Waals surface area contributed by atoms with Crippen molar-refractivity contribution in [2.45, 2.75) is 25.7 Å². The minimum absolute atomic E-state index is 0.193. The summed E-state index contributed by atoms with van der Waals surface area (Å²) in [6.45, 7) is 1.28. The molecular weight excluding hydrogens is 512 g/mol. The van der Waals surface area contributed by atoms with E-state index in [4.69, 9.17) is 0 Å². The van der Waals surface area contributed by atoms with Gasteiger partial charge in [0.2, 0.25) is 0 Å². The summed E-state index contributed by atoms with van der Waals surface area (Å²) >= 11 is 6.80. The smallest absolute Gasteiger partial charge is 0.319 e. The van der Waals surface area contributed by atoms with Gasteiger partial charge < -0.3 is 21.3 Å². The molecule has 30 heavy (non-hydrogen) atoms. The van der Waals surface area contributed by atoms with Gasteiger partial charge in [0, 0.05) is 33.4 Å². The molecule has 3 rings (SSSR count). The van der Waals surface area contributed by atoms with E-state index in [9.17, 15) is 9.59 Å². The zero-order valence-corrected chi connectivity index (χ0v) is 19.8. The van der Waals surface area contributed by atoms with E-state index in [1.807, 2.05) is 48.5 Å². The van der Waals surface area contributed by atoms with Gasteiger partial charge >= 0.3 is 12.1 Å². The zero-order valence-electron chi connectivity index (χ0n) is 16.6. The summed E-state index contributed by atoms with van der Waals surface area (Å²) in [5.74, 6) is 0.846. The average molecular weight is 538 g/mol. The van der Waals surface area contributed by atoms with E-state index < -0.39 is 0 Å². The standard InChI is InChI=1S/C22H26Br2N4O2/c23-17-6-2-8-19(11-17)27-21(29)25-13-15-4-1-5-16(10-15)14-26-22(30)28-20-9-3-7-18(24)12-20/h2-3,6-9,11-12,15-16H,1,4-5,10,13-14H2,(H2,25,27,29)(H2,26,28,30). The lowest BCUT2D eigenvalue weighted by Gasteiger charge is -2.29. The SMILES string of the molecule is O=C(NCC1CCCC(CNC(=O)Nc2cccc(Br)c2)C1)Nc1cccc(Br)c1. The van der Waals surface area contributed by atoms with Crippen LogP contribution in [0.5, 0.6) is 0 Å². The first kappa shape index (κ1) is 22.6. The first-order valence-electron chi connectivity index (χ1n) is 10.1. The van der Waals surface area contributed by atoms with Crippen LogP contribution in [0.3, 0.4) is 0 Å². The molecule has 0 spiro atoms. The van der Waals surface area contributed by atoms with Gasteiger partial charge in [-0.3, -0.25) is 0 Å². The summed E-state index contributed by atoms with van der Waals surface area (Å²) in [5.41, 5.74) is 1.51. The van der Waals surface area contributed by atoms with Gasteiger partial charge in [-0.05, 0) is 67.5 Å². The molecule has 2 unspecified atom stereocenters. The predicted octanol–water partition coefficient (Wildman–Crippen LogP) is 5.96. The Morgan fingerprint density at radius 3 is 1.70 bits per heavy atom. The fraction of sp³-hybridized carbons (Fsp3) is 0.364. The van der Waals surface area contributed by atoms with Crippen LogP contribution in [0.4, 0.5) is 21.0 Å². The third-order valence-electron chi connectivity index (χ3n) is 5.16. The lowest BCUT2D eigenvalue weighted by molar-refractivity contribution is 0.230. The van der Waals surface area contributed by atoms with Crippen LogP contribution in [0.25, 0.3) is 0 Å². The summed E-state index contributed by atoms with van der Waals surface area (Å²) in [5, 5.41) is 11.7. The molecule has 4 amide bonds. The average Bonchev–Trinajstić information content (AvgIpc) is 2.71. The Bertz CT molecular complexity index is 808. The monoisotopic (exact) mass is 536 g/mol. The Hall–Kier alpha value is -2.06. The highest BCUT2D eigenvalue weighted by Crippen LogP contribution is 2.28. The molecule has 0 aromatic heterocycles. The number of hydrogen-bond donors (Lipinski definition) is 4. The molecular formula is C22H26Br2N4O2. The topological polar surface area (TPSA) is 82.3 Å². The maximum Gasteiger partial charge on any atom is 0.319 e. The summed E-state index contributed by atoms with van der Waals surface area (Å²) < 4.78 is 1.85. The Balaban J connectivity index is 1.37. The van der Waals surface area contributed by atoms with Crippen molar-refractivity contribution in [2.24, 2.45) is 11.8 Å². The Morgan fingerprint density at radius 2 is 1.27 bits per heavy atom. The molecule has 2 aromatic rings. The van der Waals surface area contributed by atoms with Crippen LogP contribution in [0.15, 0.2) is 57.5 Å². The van der Waals surface area contributed by atoms with Crippen LogP contribution in [0.1, 0.15) is 25.7 Å². The first-order chi connectivity index (χ1) is 14.5. The normalized spacial score (nSPS) is 18.3. The maximum absolute atomic E-state index is 12.2. The highest BCUT2D eigenvalue weighted by Gasteiger charge is 2.23. The Labute approximate surface area is 193 Å². The van der Waals surface area contributed by atoms with Gasteiger partial charge in [-0.2, -0.15) is 0 Å². The van der Waals surface area contributed by atoms with E-state index >= 15 is 0 Å². The molecule has 0 heterocycles. The molecule has 1 aliphatic carbocycles. The van der Waals surface area contributed by atoms with Gasteiger partial charge in [-0.25, -0.2) is 9.59 Å². The highest BCUT2D eigenvalue weighted by molar-refractivity contribution is 9.10. The molecule has 8 heteroatoms. The van der Waals surface area contributed by atoms with E-state index in [2.05, 4.69) is 53.1 Å². The largest absolute Gasteiger partial charge is 0.338 e. The molecule has 6 nitrogen and oxygen atoms in total. The summed E-state index contributed by atoms with van der Waals surface area (Å²) in [6.07, 6.45) is 4.29. The summed E-state index contributed by atoms with van der Waals surface area (Å²) in [6, 6.07) is 14.6. The molecule has 2 aromatic carbocycles. The number of carbonyl (C=O) groups is 2. The van der Waals surface area contributed by atoms with Crippen LogP contribution in [0.2, 0.25) is 0 Å². The fourth-order valence-electron chi connectivity index (χ4n) is 3.73. The van der Waals surface area contributed by atoms with Crippen molar-refractivity contribution in [1.82, 2.24) is 10.6 Å². The van der Waals surface area contributed by atoms with E-state index in [0.717, 1.165) is 46.0 Å². The minimum atomic E-state index is -0.193. The summed E-state index contributed by atoms with van der Waals surface area (Å²) in [4.78, 5) is 24.3. The molecule has 0 radical (unpaired) electrons. The third kappa shape index (κ3) is 7.65. The van der Waals surface area contributed by atoms with Crippen molar-refractivity contribution in [3.63, 3.8) is 0 Å². The van der Waals surface area contributed by atoms with Crippen molar-refractivity contribution in [3.05, 3.63) is 57.5 Å². The van der Waals surface area contributed by atoms with Crippen LogP contribution < -0.4 is 21.3 Å². The van der Waals surface area contributed by atoms with Crippen LogP contribution in [0, 0.1) is 11.8 Å². The highest BCUT2D eigenvalue weighted by atomic mass is 79.9. The number of anilines is 2. The van der Waals surface area contributed by atoms with Crippen LogP contribution in [-0.4, -0.2) is 25.2 Å². The van der Waals surface area contributed by atoms with Gasteiger partial charge in [0.15, 0.2) is 0 Å². The van der Waals surface area contributed by atoms with E-state index in [1.54, 1.807) is 0 Å². The minimum Gasteiger partial charge on any atom is -0.338 e. The lowest BCUT2D eigenvalue weighted by Crippen LogP contribution is -2.38. The van der Waals surface area contributed by atoms with Gasteiger partial charge in [0.1, 0.15) is 0 Å². The molecule has 160 valence electrons. The van der Waals surface area contributed by atoms with E-state index in [1.165, 1.54) is 0 Å². The van der Waals surface area contributed by atoms with Crippen LogP contribution >= 0.6 is 31.9 Å². The number of urea groups is 2. The second kappa shape index (κ2) is 11.4. The fourth-order valence-corrected chi connectivity index (χ4v) is 4.53. The van der Waals surface area contributed by atoms with Gasteiger partial charge in [-0.1, -0.05) is 50.4 Å². The van der Waals surface area contributed by atoms with Crippen molar-refractivity contribution < 1.29 is 9.59 Å².